The molecule has 21 heavy (non-hydrogen) atoms. The number of nitrogens with one attached hydrogen (secondary N) is 1. The third-order valence-corrected chi connectivity index (χ3v) is 4.92. The van der Waals surface area contributed by atoms with Gasteiger partial charge < -0.3 is 9.64 Å². The minimum Gasteiger partial charge on any atom is -0.465 e. The Morgan fingerprint density at radius 1 is 1.33 bits per heavy atom. The van der Waals surface area contributed by atoms with Crippen LogP contribution in [0.15, 0.2) is 0 Å². The molecule has 0 spiro atoms. The van der Waals surface area contributed by atoms with Gasteiger partial charge in [0.1, 0.15) is 5.54 Å². The van der Waals surface area contributed by atoms with Crippen molar-refractivity contribution >= 4 is 5.97 Å². The molecule has 1 saturated carbocycles. The van der Waals surface area contributed by atoms with Crippen LogP contribution in [0.2, 0.25) is 0 Å². The van der Waals surface area contributed by atoms with Crippen molar-refractivity contribution in [2.75, 3.05) is 19.7 Å². The highest BCUT2D eigenvalue weighted by atomic mass is 16.5. The Kier molecular flexibility index (Phi) is 6.06. The van der Waals surface area contributed by atoms with E-state index in [2.05, 4.69) is 17.1 Å². The first-order valence-corrected chi connectivity index (χ1v) is 8.78. The van der Waals surface area contributed by atoms with Crippen LogP contribution in [0.25, 0.3) is 0 Å². The standard InChI is InChI=1S/C17H32N2O2/c1-4-15-8-6-12-19(15)13-7-11-17(3,16(20)21-5-2)18-14-9-10-14/h14-15,18H,4-13H2,1-3H3. The molecule has 122 valence electrons. The van der Waals surface area contributed by atoms with Gasteiger partial charge in [0.15, 0.2) is 0 Å². The molecule has 2 rings (SSSR count). The molecule has 0 aromatic rings. The van der Waals surface area contributed by atoms with E-state index in [-0.39, 0.29) is 5.97 Å². The van der Waals surface area contributed by atoms with E-state index < -0.39 is 5.54 Å². The van der Waals surface area contributed by atoms with Crippen molar-refractivity contribution in [2.45, 2.75) is 83.3 Å². The first-order chi connectivity index (χ1) is 10.1. The van der Waals surface area contributed by atoms with Crippen molar-refractivity contribution in [1.82, 2.24) is 10.2 Å². The second-order valence-corrected chi connectivity index (χ2v) is 6.82. The van der Waals surface area contributed by atoms with Crippen molar-refractivity contribution in [3.63, 3.8) is 0 Å². The van der Waals surface area contributed by atoms with Gasteiger partial charge in [-0.3, -0.25) is 10.1 Å². The fourth-order valence-corrected chi connectivity index (χ4v) is 3.49. The SMILES string of the molecule is CCOC(=O)C(C)(CCCN1CCCC1CC)NC1CC1. The van der Waals surface area contributed by atoms with Crippen LogP contribution in [-0.4, -0.2) is 48.2 Å². The molecule has 1 aliphatic carbocycles. The highest BCUT2D eigenvalue weighted by molar-refractivity contribution is 5.80. The van der Waals surface area contributed by atoms with Crippen molar-refractivity contribution in [3.8, 4) is 0 Å². The summed E-state index contributed by atoms with van der Waals surface area (Å²) >= 11 is 0. The maximum Gasteiger partial charge on any atom is 0.326 e. The van der Waals surface area contributed by atoms with Gasteiger partial charge in [-0.15, -0.1) is 0 Å². The van der Waals surface area contributed by atoms with Crippen LogP contribution in [0.1, 0.15) is 65.7 Å². The van der Waals surface area contributed by atoms with E-state index in [9.17, 15) is 4.79 Å². The lowest BCUT2D eigenvalue weighted by Crippen LogP contribution is -2.51. The summed E-state index contributed by atoms with van der Waals surface area (Å²) in [5, 5.41) is 3.51. The number of esters is 1. The Labute approximate surface area is 129 Å². The van der Waals surface area contributed by atoms with Gasteiger partial charge in [-0.05, 0) is 71.9 Å². The quantitative estimate of drug-likeness (QED) is 0.664. The van der Waals surface area contributed by atoms with Crippen LogP contribution in [0.5, 0.6) is 0 Å². The molecule has 1 saturated heterocycles. The summed E-state index contributed by atoms with van der Waals surface area (Å²) in [6, 6.07) is 1.28. The summed E-state index contributed by atoms with van der Waals surface area (Å²) in [6.07, 6.45) is 8.23. The Hall–Kier alpha value is -0.610. The topological polar surface area (TPSA) is 41.6 Å². The van der Waals surface area contributed by atoms with Crippen molar-refractivity contribution in [2.24, 2.45) is 0 Å². The summed E-state index contributed by atoms with van der Waals surface area (Å²) in [6.45, 7) is 8.98. The van der Waals surface area contributed by atoms with Gasteiger partial charge in [-0.25, -0.2) is 0 Å². The van der Waals surface area contributed by atoms with Crippen LogP contribution >= 0.6 is 0 Å². The summed E-state index contributed by atoms with van der Waals surface area (Å²) in [7, 11) is 0. The smallest absolute Gasteiger partial charge is 0.326 e. The van der Waals surface area contributed by atoms with Gasteiger partial charge in [-0.2, -0.15) is 0 Å². The normalized spacial score (nSPS) is 25.8. The molecule has 4 nitrogen and oxygen atoms in total. The Balaban J connectivity index is 1.82. The predicted molar refractivity (Wildman–Crippen MR) is 85.3 cm³/mol. The summed E-state index contributed by atoms with van der Waals surface area (Å²) in [4.78, 5) is 14.9. The zero-order chi connectivity index (χ0) is 15.3. The minimum atomic E-state index is -0.501. The molecule has 4 heteroatoms. The average molecular weight is 296 g/mol. The molecule has 0 radical (unpaired) electrons. The number of hydrogen-bond donors (Lipinski definition) is 1. The zero-order valence-corrected chi connectivity index (χ0v) is 14.0. The number of rotatable bonds is 9. The molecule has 0 amide bonds. The van der Waals surface area contributed by atoms with Crippen LogP contribution in [0, 0.1) is 0 Å². The Morgan fingerprint density at radius 2 is 2.10 bits per heavy atom. The van der Waals surface area contributed by atoms with Gasteiger partial charge in [0.25, 0.3) is 0 Å². The van der Waals surface area contributed by atoms with Crippen LogP contribution in [-0.2, 0) is 9.53 Å². The van der Waals surface area contributed by atoms with Crippen LogP contribution in [0.4, 0.5) is 0 Å². The Bertz CT molecular complexity index is 344. The number of ether oxygens (including phenoxy) is 1. The van der Waals surface area contributed by atoms with Gasteiger partial charge in [0.05, 0.1) is 6.61 Å². The minimum absolute atomic E-state index is 0.0784. The molecule has 2 aliphatic rings. The Morgan fingerprint density at radius 3 is 2.71 bits per heavy atom. The third-order valence-electron chi connectivity index (χ3n) is 4.92. The number of likely N-dealkylation sites (tertiary alicyclic amines) is 1. The maximum absolute atomic E-state index is 12.3. The largest absolute Gasteiger partial charge is 0.465 e. The van der Waals surface area contributed by atoms with E-state index in [0.29, 0.717) is 12.6 Å². The second kappa shape index (κ2) is 7.59. The monoisotopic (exact) mass is 296 g/mol. The molecular formula is C17H32N2O2. The molecule has 0 aromatic heterocycles. The van der Waals surface area contributed by atoms with E-state index in [1.165, 1.54) is 38.6 Å². The molecule has 2 unspecified atom stereocenters. The van der Waals surface area contributed by atoms with E-state index in [1.807, 2.05) is 13.8 Å². The second-order valence-electron chi connectivity index (χ2n) is 6.82. The van der Waals surface area contributed by atoms with E-state index in [0.717, 1.165) is 25.4 Å². The first kappa shape index (κ1) is 16.8. The number of hydrogen-bond acceptors (Lipinski definition) is 4. The molecule has 2 atom stereocenters. The lowest BCUT2D eigenvalue weighted by atomic mass is 9.95. The molecule has 1 heterocycles. The highest BCUT2D eigenvalue weighted by Crippen LogP contribution is 2.27. The number of carbonyl (C=O) groups excluding carboxylic acids is 1. The summed E-state index contributed by atoms with van der Waals surface area (Å²) in [5.41, 5.74) is -0.501. The molecule has 2 fully saturated rings. The molecule has 0 bridgehead atoms. The molecule has 0 aromatic carbocycles. The fraction of sp³-hybridized carbons (Fsp3) is 0.941. The van der Waals surface area contributed by atoms with Gasteiger partial charge in [0.2, 0.25) is 0 Å². The molecular weight excluding hydrogens is 264 g/mol. The van der Waals surface area contributed by atoms with Crippen molar-refractivity contribution in [1.29, 1.82) is 0 Å². The first-order valence-electron chi connectivity index (χ1n) is 8.78. The number of nitrogens with zero attached hydrogens (tertiary/aromatic N) is 1. The van der Waals surface area contributed by atoms with Crippen molar-refractivity contribution in [3.05, 3.63) is 0 Å². The fourth-order valence-electron chi connectivity index (χ4n) is 3.49. The summed E-state index contributed by atoms with van der Waals surface area (Å²) in [5.74, 6) is -0.0784. The van der Waals surface area contributed by atoms with Crippen LogP contribution < -0.4 is 5.32 Å². The molecule has 1 N–H and O–H groups in total. The lowest BCUT2D eigenvalue weighted by molar-refractivity contribution is -0.151. The van der Waals surface area contributed by atoms with Crippen molar-refractivity contribution < 1.29 is 9.53 Å². The van der Waals surface area contributed by atoms with Gasteiger partial charge in [0, 0.05) is 12.1 Å². The zero-order valence-electron chi connectivity index (χ0n) is 14.0. The maximum atomic E-state index is 12.3. The van der Waals surface area contributed by atoms with Gasteiger partial charge >= 0.3 is 5.97 Å². The van der Waals surface area contributed by atoms with E-state index in [1.54, 1.807) is 0 Å². The van der Waals surface area contributed by atoms with E-state index in [4.69, 9.17) is 4.74 Å². The van der Waals surface area contributed by atoms with Gasteiger partial charge in [-0.1, -0.05) is 6.92 Å². The third kappa shape index (κ3) is 4.68. The summed E-state index contributed by atoms with van der Waals surface area (Å²) < 4.78 is 5.29. The number of carbonyl (C=O) groups is 1. The van der Waals surface area contributed by atoms with Crippen LogP contribution in [0.3, 0.4) is 0 Å². The lowest BCUT2D eigenvalue weighted by Gasteiger charge is -2.30. The highest BCUT2D eigenvalue weighted by Gasteiger charge is 2.39. The molecule has 1 aliphatic heterocycles. The predicted octanol–water partition coefficient (Wildman–Crippen LogP) is 2.71. The average Bonchev–Trinajstić information content (AvgIpc) is 3.15. The van der Waals surface area contributed by atoms with E-state index >= 15 is 0 Å².